The van der Waals surface area contributed by atoms with E-state index < -0.39 is 0 Å². The van der Waals surface area contributed by atoms with Crippen LogP contribution in [-0.4, -0.2) is 29.3 Å². The van der Waals surface area contributed by atoms with Gasteiger partial charge in [0.2, 0.25) is 0 Å². The molecule has 132 valence electrons. The third kappa shape index (κ3) is 6.14. The highest BCUT2D eigenvalue weighted by Gasteiger charge is 2.09. The molecule has 1 atom stereocenters. The van der Waals surface area contributed by atoms with Gasteiger partial charge in [-0.05, 0) is 37.1 Å². The molecule has 1 aromatic carbocycles. The largest absolute Gasteiger partial charge is 0.355 e. The van der Waals surface area contributed by atoms with E-state index in [0.717, 1.165) is 30.2 Å². The smallest absolute Gasteiger partial charge is 0.191 e. The summed E-state index contributed by atoms with van der Waals surface area (Å²) in [6, 6.07) is 5.67. The van der Waals surface area contributed by atoms with E-state index in [-0.39, 0.29) is 30.0 Å². The zero-order valence-electron chi connectivity index (χ0n) is 13.9. The molecule has 8 heteroatoms. The van der Waals surface area contributed by atoms with Crippen molar-refractivity contribution in [2.24, 2.45) is 4.99 Å². The van der Waals surface area contributed by atoms with Crippen LogP contribution in [0.15, 0.2) is 35.6 Å². The Morgan fingerprint density at radius 3 is 2.67 bits per heavy atom. The molecule has 2 rings (SSSR count). The fourth-order valence-corrected chi connectivity index (χ4v) is 2.45. The van der Waals surface area contributed by atoms with E-state index in [2.05, 4.69) is 20.7 Å². The summed E-state index contributed by atoms with van der Waals surface area (Å²) in [6.07, 6.45) is 3.86. The van der Waals surface area contributed by atoms with Gasteiger partial charge in [0.15, 0.2) is 5.96 Å². The van der Waals surface area contributed by atoms with Crippen LogP contribution in [0.25, 0.3) is 0 Å². The summed E-state index contributed by atoms with van der Waals surface area (Å²) in [5.74, 6) is 0.729. The molecule has 2 aromatic rings. The van der Waals surface area contributed by atoms with Crippen LogP contribution < -0.4 is 10.6 Å². The third-order valence-electron chi connectivity index (χ3n) is 3.42. The zero-order chi connectivity index (χ0) is 16.8. The molecule has 1 heterocycles. The Kier molecular flexibility index (Phi) is 8.86. The van der Waals surface area contributed by atoms with Crippen molar-refractivity contribution in [3.8, 4) is 0 Å². The predicted molar refractivity (Wildman–Crippen MR) is 112 cm³/mol. The molecule has 2 N–H and O–H groups in total. The number of hydrogen-bond acceptors (Lipinski definition) is 2. The molecule has 0 spiro atoms. The van der Waals surface area contributed by atoms with Gasteiger partial charge in [0.05, 0.1) is 28.8 Å². The van der Waals surface area contributed by atoms with Gasteiger partial charge in [-0.3, -0.25) is 9.67 Å². The normalized spacial score (nSPS) is 12.5. The molecule has 0 aliphatic rings. The van der Waals surface area contributed by atoms with Crippen molar-refractivity contribution in [1.29, 1.82) is 0 Å². The second-order valence-corrected chi connectivity index (χ2v) is 6.13. The second kappa shape index (κ2) is 10.1. The van der Waals surface area contributed by atoms with E-state index in [1.165, 1.54) is 0 Å². The summed E-state index contributed by atoms with van der Waals surface area (Å²) < 4.78 is 1.90. The summed E-state index contributed by atoms with van der Waals surface area (Å²) in [7, 11) is 1.74. The molecule has 0 bridgehead atoms. The first-order valence-electron chi connectivity index (χ1n) is 7.41. The van der Waals surface area contributed by atoms with Gasteiger partial charge in [-0.15, -0.1) is 24.0 Å². The number of aryl methyl sites for hydroxylation is 1. The Morgan fingerprint density at radius 1 is 1.33 bits per heavy atom. The van der Waals surface area contributed by atoms with Crippen molar-refractivity contribution in [3.63, 3.8) is 0 Å². The number of nitrogens with zero attached hydrogens (tertiary/aromatic N) is 3. The maximum atomic E-state index is 6.07. The van der Waals surface area contributed by atoms with Gasteiger partial charge < -0.3 is 10.6 Å². The number of nitrogens with one attached hydrogen (secondary N) is 2. The van der Waals surface area contributed by atoms with E-state index in [1.807, 2.05) is 43.1 Å². The summed E-state index contributed by atoms with van der Waals surface area (Å²) in [6.45, 7) is 5.57. The van der Waals surface area contributed by atoms with Gasteiger partial charge >= 0.3 is 0 Å². The fraction of sp³-hybridized carbons (Fsp3) is 0.375. The van der Waals surface area contributed by atoms with Crippen molar-refractivity contribution in [2.45, 2.75) is 26.4 Å². The van der Waals surface area contributed by atoms with E-state index in [9.17, 15) is 0 Å². The van der Waals surface area contributed by atoms with Crippen molar-refractivity contribution in [1.82, 2.24) is 20.4 Å². The number of benzene rings is 1. The number of hydrogen-bond donors (Lipinski definition) is 2. The monoisotopic (exact) mass is 481 g/mol. The second-order valence-electron chi connectivity index (χ2n) is 5.32. The van der Waals surface area contributed by atoms with Gasteiger partial charge in [-0.1, -0.05) is 29.3 Å². The van der Waals surface area contributed by atoms with Crippen LogP contribution in [0.2, 0.25) is 10.0 Å². The molecule has 0 fully saturated rings. The van der Waals surface area contributed by atoms with Crippen molar-refractivity contribution < 1.29 is 0 Å². The molecule has 0 radical (unpaired) electrons. The van der Waals surface area contributed by atoms with Gasteiger partial charge in [0.1, 0.15) is 0 Å². The van der Waals surface area contributed by atoms with E-state index in [1.54, 1.807) is 13.1 Å². The lowest BCUT2D eigenvalue weighted by atomic mass is 10.1. The molecule has 5 nitrogen and oxygen atoms in total. The van der Waals surface area contributed by atoms with Crippen LogP contribution in [0.1, 0.15) is 24.1 Å². The van der Waals surface area contributed by atoms with E-state index in [4.69, 9.17) is 23.2 Å². The Morgan fingerprint density at radius 2 is 2.08 bits per heavy atom. The van der Waals surface area contributed by atoms with Crippen LogP contribution in [0.4, 0.5) is 0 Å². The molecule has 1 aromatic heterocycles. The van der Waals surface area contributed by atoms with Gasteiger partial charge in [-0.25, -0.2) is 0 Å². The van der Waals surface area contributed by atoms with E-state index >= 15 is 0 Å². The summed E-state index contributed by atoms with van der Waals surface area (Å²) in [5, 5.41) is 12.0. The standard InChI is InChI=1S/C16H21Cl2N5.HI/c1-11-9-21-23(10-11)7-6-20-16(19-3)22-12(2)13-4-5-14(17)15(18)8-13;/h4-5,8-10,12H,6-7H2,1-3H3,(H2,19,20,22);1H. The molecular formula is C16H22Cl2IN5. The highest BCUT2D eigenvalue weighted by molar-refractivity contribution is 14.0. The third-order valence-corrected chi connectivity index (χ3v) is 4.16. The van der Waals surface area contributed by atoms with Gasteiger partial charge in [-0.2, -0.15) is 5.10 Å². The minimum absolute atomic E-state index is 0. The quantitative estimate of drug-likeness (QED) is 0.385. The maximum Gasteiger partial charge on any atom is 0.191 e. The van der Waals surface area contributed by atoms with Gasteiger partial charge in [0.25, 0.3) is 0 Å². The summed E-state index contributed by atoms with van der Waals surface area (Å²) in [5.41, 5.74) is 2.20. The summed E-state index contributed by atoms with van der Waals surface area (Å²) >= 11 is 12.0. The Labute approximate surface area is 169 Å². The molecule has 0 amide bonds. The van der Waals surface area contributed by atoms with Crippen LogP contribution in [0, 0.1) is 6.92 Å². The number of aromatic nitrogens is 2. The lowest BCUT2D eigenvalue weighted by molar-refractivity contribution is 0.591. The van der Waals surface area contributed by atoms with Crippen molar-refractivity contribution in [3.05, 3.63) is 51.8 Å². The number of halogens is 3. The van der Waals surface area contributed by atoms with Crippen LogP contribution in [-0.2, 0) is 6.54 Å². The van der Waals surface area contributed by atoms with E-state index in [0.29, 0.717) is 10.0 Å². The number of aliphatic imine (C=N–C) groups is 1. The molecule has 0 aliphatic heterocycles. The number of rotatable bonds is 5. The molecular weight excluding hydrogens is 460 g/mol. The van der Waals surface area contributed by atoms with Crippen molar-refractivity contribution >= 4 is 53.1 Å². The number of guanidine groups is 1. The van der Waals surface area contributed by atoms with Crippen LogP contribution in [0.3, 0.4) is 0 Å². The predicted octanol–water partition coefficient (Wildman–Crippen LogP) is 4.04. The maximum absolute atomic E-state index is 6.07. The molecule has 0 saturated carbocycles. The first-order chi connectivity index (χ1) is 11.0. The molecule has 24 heavy (non-hydrogen) atoms. The highest BCUT2D eigenvalue weighted by Crippen LogP contribution is 2.25. The first kappa shape index (κ1) is 21.1. The first-order valence-corrected chi connectivity index (χ1v) is 8.16. The Bertz CT molecular complexity index is 687. The molecule has 0 aliphatic carbocycles. The zero-order valence-corrected chi connectivity index (χ0v) is 17.7. The SMILES string of the molecule is CN=C(NCCn1cc(C)cn1)NC(C)c1ccc(Cl)c(Cl)c1.I. The van der Waals surface area contributed by atoms with Crippen LogP contribution in [0.5, 0.6) is 0 Å². The Balaban J connectivity index is 0.00000288. The highest BCUT2D eigenvalue weighted by atomic mass is 127. The van der Waals surface area contributed by atoms with Crippen molar-refractivity contribution in [2.75, 3.05) is 13.6 Å². The Hall–Kier alpha value is -0.990. The lowest BCUT2D eigenvalue weighted by Crippen LogP contribution is -2.40. The average molecular weight is 482 g/mol. The fourth-order valence-electron chi connectivity index (χ4n) is 2.14. The molecule has 1 unspecified atom stereocenters. The lowest BCUT2D eigenvalue weighted by Gasteiger charge is -2.18. The molecule has 0 saturated heterocycles. The minimum Gasteiger partial charge on any atom is -0.355 e. The minimum atomic E-state index is 0. The van der Waals surface area contributed by atoms with Gasteiger partial charge in [0, 0.05) is 19.8 Å². The van der Waals surface area contributed by atoms with Crippen LogP contribution >= 0.6 is 47.2 Å². The summed E-state index contributed by atoms with van der Waals surface area (Å²) in [4.78, 5) is 4.24. The topological polar surface area (TPSA) is 54.2 Å². The average Bonchev–Trinajstić information content (AvgIpc) is 2.94.